The predicted octanol–water partition coefficient (Wildman–Crippen LogP) is 1.89. The number of nitrogens with one attached hydrogen (secondary N) is 1. The summed E-state index contributed by atoms with van der Waals surface area (Å²) in [5.74, 6) is 1.59. The van der Waals surface area contributed by atoms with Gasteiger partial charge in [-0.15, -0.1) is 0 Å². The smallest absolute Gasteiger partial charge is 0.129 e. The van der Waals surface area contributed by atoms with E-state index in [4.69, 9.17) is 5.73 Å². The Kier molecular flexibility index (Phi) is 4.10. The van der Waals surface area contributed by atoms with Gasteiger partial charge in [0.2, 0.25) is 0 Å². The van der Waals surface area contributed by atoms with Crippen LogP contribution < -0.4 is 11.1 Å². The third kappa shape index (κ3) is 2.92. The molecule has 0 radical (unpaired) electrons. The molecule has 3 N–H and O–H groups in total. The molecule has 1 saturated carbocycles. The summed E-state index contributed by atoms with van der Waals surface area (Å²) in [7, 11) is 0. The molecule has 1 heterocycles. The van der Waals surface area contributed by atoms with Gasteiger partial charge in [-0.1, -0.05) is 12.8 Å². The summed E-state index contributed by atoms with van der Waals surface area (Å²) in [5.41, 5.74) is 6.65. The average molecular weight is 220 g/mol. The second-order valence-electron chi connectivity index (χ2n) is 4.38. The summed E-state index contributed by atoms with van der Waals surface area (Å²) in [4.78, 5) is 8.59. The Balaban J connectivity index is 1.95. The summed E-state index contributed by atoms with van der Waals surface area (Å²) in [6, 6.07) is 2.09. The molecule has 0 aromatic carbocycles. The van der Waals surface area contributed by atoms with E-state index in [0.29, 0.717) is 12.5 Å². The zero-order valence-electron chi connectivity index (χ0n) is 9.65. The van der Waals surface area contributed by atoms with Gasteiger partial charge in [-0.25, -0.2) is 9.97 Å². The van der Waals surface area contributed by atoms with Crippen molar-refractivity contribution in [3.8, 4) is 0 Å². The van der Waals surface area contributed by atoms with Crippen LogP contribution in [0.15, 0.2) is 12.4 Å². The molecular formula is C12H20N4. The van der Waals surface area contributed by atoms with Gasteiger partial charge in [0, 0.05) is 24.2 Å². The second kappa shape index (κ2) is 5.80. The molecule has 0 unspecified atom stereocenters. The second-order valence-corrected chi connectivity index (χ2v) is 4.38. The van der Waals surface area contributed by atoms with Crippen LogP contribution in [0, 0.1) is 0 Å². The van der Waals surface area contributed by atoms with Gasteiger partial charge >= 0.3 is 0 Å². The molecule has 88 valence electrons. The predicted molar refractivity (Wildman–Crippen MR) is 65.4 cm³/mol. The van der Waals surface area contributed by atoms with Crippen molar-refractivity contribution in [1.29, 1.82) is 0 Å². The molecule has 0 atom stereocenters. The average Bonchev–Trinajstić information content (AvgIpc) is 2.83. The van der Waals surface area contributed by atoms with Gasteiger partial charge in [0.1, 0.15) is 12.1 Å². The van der Waals surface area contributed by atoms with Gasteiger partial charge in [0.15, 0.2) is 0 Å². The van der Waals surface area contributed by atoms with E-state index in [2.05, 4.69) is 21.4 Å². The number of nitrogens with zero attached hydrogens (tertiary/aromatic N) is 2. The minimum atomic E-state index is 0.651. The van der Waals surface area contributed by atoms with E-state index in [1.54, 1.807) is 6.33 Å². The number of nitrogens with two attached hydrogens (primary N) is 1. The maximum absolute atomic E-state index is 5.45. The highest BCUT2D eigenvalue weighted by Crippen LogP contribution is 2.33. The lowest BCUT2D eigenvalue weighted by atomic mass is 10.0. The van der Waals surface area contributed by atoms with Crippen LogP contribution in [0.2, 0.25) is 0 Å². The van der Waals surface area contributed by atoms with Gasteiger partial charge < -0.3 is 11.1 Å². The van der Waals surface area contributed by atoms with Crippen molar-refractivity contribution in [2.24, 2.45) is 5.73 Å². The SMILES string of the molecule is NCCCNc1cc(C2CCCC2)ncn1. The van der Waals surface area contributed by atoms with Gasteiger partial charge in [-0.2, -0.15) is 0 Å². The maximum Gasteiger partial charge on any atom is 0.129 e. The fourth-order valence-corrected chi connectivity index (χ4v) is 2.23. The van der Waals surface area contributed by atoms with Crippen LogP contribution in [0.3, 0.4) is 0 Å². The van der Waals surface area contributed by atoms with Crippen molar-refractivity contribution < 1.29 is 0 Å². The van der Waals surface area contributed by atoms with Crippen molar-refractivity contribution in [1.82, 2.24) is 9.97 Å². The number of hydrogen-bond acceptors (Lipinski definition) is 4. The molecule has 0 amide bonds. The number of hydrogen-bond donors (Lipinski definition) is 2. The first-order valence-corrected chi connectivity index (χ1v) is 6.16. The van der Waals surface area contributed by atoms with Crippen LogP contribution in [0.5, 0.6) is 0 Å². The van der Waals surface area contributed by atoms with E-state index in [1.165, 1.54) is 31.4 Å². The Hall–Kier alpha value is -1.16. The van der Waals surface area contributed by atoms with Gasteiger partial charge in [0.05, 0.1) is 0 Å². The first-order valence-electron chi connectivity index (χ1n) is 6.16. The van der Waals surface area contributed by atoms with E-state index >= 15 is 0 Å². The van der Waals surface area contributed by atoms with E-state index < -0.39 is 0 Å². The standard InChI is InChI=1S/C12H20N4/c13-6-3-7-14-12-8-11(15-9-16-12)10-4-1-2-5-10/h8-10H,1-7,13H2,(H,14,15,16). The zero-order valence-corrected chi connectivity index (χ0v) is 9.65. The Morgan fingerprint density at radius 1 is 1.31 bits per heavy atom. The zero-order chi connectivity index (χ0) is 11.2. The molecule has 0 bridgehead atoms. The molecule has 0 aliphatic heterocycles. The minimum Gasteiger partial charge on any atom is -0.370 e. The highest BCUT2D eigenvalue weighted by Gasteiger charge is 2.18. The van der Waals surface area contributed by atoms with Gasteiger partial charge in [-0.3, -0.25) is 0 Å². The molecule has 1 fully saturated rings. The normalized spacial score (nSPS) is 16.6. The fraction of sp³-hybridized carbons (Fsp3) is 0.667. The van der Waals surface area contributed by atoms with Crippen LogP contribution >= 0.6 is 0 Å². The first-order chi connectivity index (χ1) is 7.90. The van der Waals surface area contributed by atoms with Gasteiger partial charge in [0.25, 0.3) is 0 Å². The topological polar surface area (TPSA) is 63.8 Å². The summed E-state index contributed by atoms with van der Waals surface area (Å²) in [6.07, 6.45) is 7.87. The highest BCUT2D eigenvalue weighted by atomic mass is 15.0. The molecule has 4 nitrogen and oxygen atoms in total. The number of rotatable bonds is 5. The third-order valence-corrected chi connectivity index (χ3v) is 3.15. The van der Waals surface area contributed by atoms with Crippen molar-refractivity contribution in [3.63, 3.8) is 0 Å². The van der Waals surface area contributed by atoms with E-state index in [0.717, 1.165) is 18.8 Å². The third-order valence-electron chi connectivity index (χ3n) is 3.15. The molecule has 16 heavy (non-hydrogen) atoms. The largest absolute Gasteiger partial charge is 0.370 e. The molecule has 1 aromatic heterocycles. The van der Waals surface area contributed by atoms with Crippen LogP contribution in [-0.2, 0) is 0 Å². The van der Waals surface area contributed by atoms with E-state index in [9.17, 15) is 0 Å². The molecule has 1 aliphatic rings. The lowest BCUT2D eigenvalue weighted by Gasteiger charge is -2.10. The van der Waals surface area contributed by atoms with Crippen molar-refractivity contribution >= 4 is 5.82 Å². The Morgan fingerprint density at radius 3 is 2.88 bits per heavy atom. The quantitative estimate of drug-likeness (QED) is 0.744. The molecule has 0 spiro atoms. The number of aromatic nitrogens is 2. The molecule has 1 aromatic rings. The molecule has 1 aliphatic carbocycles. The Bertz CT molecular complexity index is 321. The van der Waals surface area contributed by atoms with Crippen molar-refractivity contribution in [2.75, 3.05) is 18.4 Å². The van der Waals surface area contributed by atoms with Crippen LogP contribution in [0.1, 0.15) is 43.7 Å². The molecule has 0 saturated heterocycles. The fourth-order valence-electron chi connectivity index (χ4n) is 2.23. The van der Waals surface area contributed by atoms with E-state index in [-0.39, 0.29) is 0 Å². The molecule has 2 rings (SSSR count). The maximum atomic E-state index is 5.45. The summed E-state index contributed by atoms with van der Waals surface area (Å²) >= 11 is 0. The molecular weight excluding hydrogens is 200 g/mol. The summed E-state index contributed by atoms with van der Waals surface area (Å²) in [5, 5.41) is 3.28. The van der Waals surface area contributed by atoms with Crippen molar-refractivity contribution in [3.05, 3.63) is 18.1 Å². The van der Waals surface area contributed by atoms with Crippen LogP contribution in [0.4, 0.5) is 5.82 Å². The monoisotopic (exact) mass is 220 g/mol. The van der Waals surface area contributed by atoms with Crippen LogP contribution in [-0.4, -0.2) is 23.1 Å². The summed E-state index contributed by atoms with van der Waals surface area (Å²) in [6.45, 7) is 1.60. The Morgan fingerprint density at radius 2 is 2.12 bits per heavy atom. The first kappa shape index (κ1) is 11.3. The minimum absolute atomic E-state index is 0.651. The highest BCUT2D eigenvalue weighted by molar-refractivity contribution is 5.35. The lowest BCUT2D eigenvalue weighted by Crippen LogP contribution is -2.10. The van der Waals surface area contributed by atoms with Crippen molar-refractivity contribution in [2.45, 2.75) is 38.0 Å². The number of anilines is 1. The van der Waals surface area contributed by atoms with Crippen LogP contribution in [0.25, 0.3) is 0 Å². The molecule has 4 heteroatoms. The van der Waals surface area contributed by atoms with Gasteiger partial charge in [-0.05, 0) is 25.8 Å². The Labute approximate surface area is 96.7 Å². The lowest BCUT2D eigenvalue weighted by molar-refractivity contribution is 0.694. The van der Waals surface area contributed by atoms with E-state index in [1.807, 2.05) is 0 Å². The summed E-state index contributed by atoms with van der Waals surface area (Å²) < 4.78 is 0.